The summed E-state index contributed by atoms with van der Waals surface area (Å²) in [6, 6.07) is 6.48. The Morgan fingerprint density at radius 2 is 1.68 bits per heavy atom. The lowest BCUT2D eigenvalue weighted by atomic mass is 9.69. The molecule has 1 heterocycles. The van der Waals surface area contributed by atoms with Crippen LogP contribution >= 0.6 is 0 Å². The molecule has 0 bridgehead atoms. The first-order valence-corrected chi connectivity index (χ1v) is 13.2. The number of sulfonamides is 1. The molecule has 4 rings (SSSR count). The van der Waals surface area contributed by atoms with Gasteiger partial charge in [-0.25, -0.2) is 8.42 Å². The van der Waals surface area contributed by atoms with Gasteiger partial charge in [0.05, 0.1) is 4.90 Å². The molecule has 2 aliphatic carbocycles. The molecule has 0 spiro atoms. The van der Waals surface area contributed by atoms with Gasteiger partial charge in [-0.2, -0.15) is 4.31 Å². The number of carbonyl (C=O) groups is 2. The summed E-state index contributed by atoms with van der Waals surface area (Å²) in [6.45, 7) is 2.09. The zero-order valence-electron chi connectivity index (χ0n) is 18.4. The summed E-state index contributed by atoms with van der Waals surface area (Å²) < 4.78 is 27.5. The average Bonchev–Trinajstić information content (AvgIpc) is 2.79. The molecular weight excluding hydrogens is 412 g/mol. The number of ketones is 1. The maximum atomic E-state index is 13.0. The van der Waals surface area contributed by atoms with Gasteiger partial charge in [-0.05, 0) is 63.0 Å². The quantitative estimate of drug-likeness (QED) is 0.698. The van der Waals surface area contributed by atoms with Crippen molar-refractivity contribution in [1.29, 1.82) is 0 Å². The van der Waals surface area contributed by atoms with E-state index in [2.05, 4.69) is 5.32 Å². The van der Waals surface area contributed by atoms with Crippen LogP contribution < -0.4 is 5.32 Å². The zero-order valence-corrected chi connectivity index (χ0v) is 19.2. The number of Topliss-reactive ketones (excluding diaryl/α,β-unsaturated/α-hetero) is 1. The Morgan fingerprint density at radius 3 is 2.39 bits per heavy atom. The van der Waals surface area contributed by atoms with Gasteiger partial charge >= 0.3 is 0 Å². The van der Waals surface area contributed by atoms with Crippen LogP contribution in [-0.2, 0) is 14.8 Å². The Morgan fingerprint density at radius 1 is 0.968 bits per heavy atom. The highest BCUT2D eigenvalue weighted by Gasteiger charge is 2.36. The second-order valence-corrected chi connectivity index (χ2v) is 11.5. The highest BCUT2D eigenvalue weighted by atomic mass is 32.2. The molecule has 170 valence electrons. The normalized spacial score (nSPS) is 28.0. The molecule has 3 fully saturated rings. The van der Waals surface area contributed by atoms with E-state index in [1.54, 1.807) is 12.1 Å². The molecule has 1 amide bonds. The summed E-state index contributed by atoms with van der Waals surface area (Å²) in [6.07, 6.45) is 9.83. The Balaban J connectivity index is 1.31. The summed E-state index contributed by atoms with van der Waals surface area (Å²) >= 11 is 0. The molecule has 1 aromatic carbocycles. The summed E-state index contributed by atoms with van der Waals surface area (Å²) in [7, 11) is -3.66. The molecule has 0 radical (unpaired) electrons. The fraction of sp³-hybridized carbons (Fsp3) is 0.667. The largest absolute Gasteiger partial charge is 0.353 e. The minimum Gasteiger partial charge on any atom is -0.353 e. The number of piperidine rings is 1. The molecule has 2 saturated carbocycles. The maximum Gasteiger partial charge on any atom is 0.243 e. The van der Waals surface area contributed by atoms with E-state index in [1.165, 1.54) is 55.5 Å². The van der Waals surface area contributed by atoms with Crippen LogP contribution in [0.2, 0.25) is 0 Å². The van der Waals surface area contributed by atoms with E-state index in [1.807, 2.05) is 0 Å². The molecular formula is C24H34N2O4S. The third-order valence-electron chi connectivity index (χ3n) is 7.59. The lowest BCUT2D eigenvalue weighted by Crippen LogP contribution is -2.47. The molecule has 1 aliphatic heterocycles. The first kappa shape index (κ1) is 22.5. The third-order valence-corrected chi connectivity index (χ3v) is 9.48. The van der Waals surface area contributed by atoms with Gasteiger partial charge in [-0.15, -0.1) is 0 Å². The number of amides is 1. The zero-order chi connectivity index (χ0) is 22.0. The van der Waals surface area contributed by atoms with E-state index in [4.69, 9.17) is 0 Å². The van der Waals surface area contributed by atoms with Crippen LogP contribution in [0.4, 0.5) is 0 Å². The maximum absolute atomic E-state index is 13.0. The molecule has 1 N–H and O–H groups in total. The standard InChI is InChI=1S/C24H34N2O4S/c1-17(27)20-7-4-8-23(16-20)31(29,30)26-13-11-19(12-14-26)24(28)25-22-10-9-18-5-2-3-6-21(18)15-22/h4,7-8,16,18-19,21-22H,2-3,5-6,9-15H2,1H3,(H,25,28)/t18-,21-,22+/m0/s1. The van der Waals surface area contributed by atoms with E-state index in [-0.39, 0.29) is 28.5 Å². The fourth-order valence-electron chi connectivity index (χ4n) is 5.71. The lowest BCUT2D eigenvalue weighted by Gasteiger charge is -2.40. The van der Waals surface area contributed by atoms with Crippen molar-refractivity contribution < 1.29 is 18.0 Å². The van der Waals surface area contributed by atoms with Gasteiger partial charge in [-0.3, -0.25) is 9.59 Å². The Hall–Kier alpha value is -1.73. The number of benzene rings is 1. The molecule has 0 aromatic heterocycles. The monoisotopic (exact) mass is 446 g/mol. The van der Waals surface area contributed by atoms with Crippen molar-refractivity contribution in [1.82, 2.24) is 9.62 Å². The number of rotatable bonds is 5. The predicted molar refractivity (Wildman–Crippen MR) is 119 cm³/mol. The van der Waals surface area contributed by atoms with E-state index in [0.29, 0.717) is 31.5 Å². The molecule has 31 heavy (non-hydrogen) atoms. The van der Waals surface area contributed by atoms with E-state index in [9.17, 15) is 18.0 Å². The van der Waals surface area contributed by atoms with E-state index in [0.717, 1.165) is 24.7 Å². The number of nitrogens with one attached hydrogen (secondary N) is 1. The molecule has 6 nitrogen and oxygen atoms in total. The van der Waals surface area contributed by atoms with Crippen molar-refractivity contribution in [3.63, 3.8) is 0 Å². The van der Waals surface area contributed by atoms with Gasteiger partial charge in [0.15, 0.2) is 5.78 Å². The predicted octanol–water partition coefficient (Wildman–Crippen LogP) is 3.77. The van der Waals surface area contributed by atoms with Crippen LogP contribution in [0.15, 0.2) is 29.2 Å². The first-order chi connectivity index (χ1) is 14.8. The second-order valence-electron chi connectivity index (χ2n) is 9.59. The minimum absolute atomic E-state index is 0.0925. The SMILES string of the molecule is CC(=O)c1cccc(S(=O)(=O)N2CCC(C(=O)N[C@@H]3CC[C@@H]4CCCC[C@H]4C3)CC2)c1. The van der Waals surface area contributed by atoms with Crippen molar-refractivity contribution >= 4 is 21.7 Å². The number of fused-ring (bicyclic) bond motifs is 1. The topological polar surface area (TPSA) is 83.6 Å². The van der Waals surface area contributed by atoms with Crippen LogP contribution in [0.3, 0.4) is 0 Å². The molecule has 1 saturated heterocycles. The number of hydrogen-bond acceptors (Lipinski definition) is 4. The van der Waals surface area contributed by atoms with Gasteiger partial charge < -0.3 is 5.32 Å². The first-order valence-electron chi connectivity index (χ1n) is 11.8. The van der Waals surface area contributed by atoms with Crippen LogP contribution in [-0.4, -0.2) is 43.5 Å². The summed E-state index contributed by atoms with van der Waals surface area (Å²) in [5, 5.41) is 3.28. The lowest BCUT2D eigenvalue weighted by molar-refractivity contribution is -0.127. The van der Waals surface area contributed by atoms with E-state index >= 15 is 0 Å². The molecule has 0 unspecified atom stereocenters. The third kappa shape index (κ3) is 5.03. The average molecular weight is 447 g/mol. The van der Waals surface area contributed by atoms with Gasteiger partial charge in [0.25, 0.3) is 0 Å². The number of nitrogens with zero attached hydrogens (tertiary/aromatic N) is 1. The minimum atomic E-state index is -3.66. The molecule has 3 aliphatic rings. The molecule has 7 heteroatoms. The summed E-state index contributed by atoms with van der Waals surface area (Å²) in [5.41, 5.74) is 0.392. The highest BCUT2D eigenvalue weighted by Crippen LogP contribution is 2.40. The van der Waals surface area contributed by atoms with Crippen molar-refractivity contribution in [2.75, 3.05) is 13.1 Å². The second kappa shape index (κ2) is 9.41. The highest BCUT2D eigenvalue weighted by molar-refractivity contribution is 7.89. The van der Waals surface area contributed by atoms with Gasteiger partial charge in [-0.1, -0.05) is 37.8 Å². The van der Waals surface area contributed by atoms with Crippen LogP contribution in [0.25, 0.3) is 0 Å². The smallest absolute Gasteiger partial charge is 0.243 e. The van der Waals surface area contributed by atoms with Crippen LogP contribution in [0, 0.1) is 17.8 Å². The van der Waals surface area contributed by atoms with Gasteiger partial charge in [0.2, 0.25) is 15.9 Å². The van der Waals surface area contributed by atoms with Crippen molar-refractivity contribution in [3.05, 3.63) is 29.8 Å². The van der Waals surface area contributed by atoms with Gasteiger partial charge in [0, 0.05) is 30.6 Å². The van der Waals surface area contributed by atoms with E-state index < -0.39 is 10.0 Å². The summed E-state index contributed by atoms with van der Waals surface area (Å²) in [5.74, 6) is 1.44. The molecule has 3 atom stereocenters. The summed E-state index contributed by atoms with van der Waals surface area (Å²) in [4.78, 5) is 24.6. The number of hydrogen-bond donors (Lipinski definition) is 1. The number of carbonyl (C=O) groups excluding carboxylic acids is 2. The van der Waals surface area contributed by atoms with Crippen LogP contribution in [0.5, 0.6) is 0 Å². The fourth-order valence-corrected chi connectivity index (χ4v) is 7.22. The Kier molecular flexibility index (Phi) is 6.82. The van der Waals surface area contributed by atoms with Crippen molar-refractivity contribution in [2.24, 2.45) is 17.8 Å². The molecule has 1 aromatic rings. The Labute approximate surface area is 185 Å². The Bertz CT molecular complexity index is 921. The van der Waals surface area contributed by atoms with Crippen molar-refractivity contribution in [3.8, 4) is 0 Å². The van der Waals surface area contributed by atoms with Gasteiger partial charge in [0.1, 0.15) is 0 Å². The van der Waals surface area contributed by atoms with Crippen LogP contribution in [0.1, 0.15) is 75.1 Å². The van der Waals surface area contributed by atoms with Crippen molar-refractivity contribution in [2.45, 2.75) is 75.6 Å².